The van der Waals surface area contributed by atoms with Crippen molar-refractivity contribution < 1.29 is 9.52 Å². The van der Waals surface area contributed by atoms with Crippen molar-refractivity contribution in [3.05, 3.63) is 42.4 Å². The van der Waals surface area contributed by atoms with Crippen LogP contribution in [0.5, 0.6) is 0 Å². The fraction of sp³-hybridized carbons (Fsp3) is 0.579. The molecule has 4 unspecified atom stereocenters. The number of hydrogen-bond donors (Lipinski definition) is 1. The van der Waals surface area contributed by atoms with Gasteiger partial charge in [-0.25, -0.2) is 0 Å². The SMILES string of the molecule is CC1CCC2(C)C=CCCC2C1(C)/C=C(/O)c1ccoc1. The van der Waals surface area contributed by atoms with Crippen LogP contribution in [0, 0.1) is 22.7 Å². The van der Waals surface area contributed by atoms with Crippen LogP contribution in [-0.4, -0.2) is 5.11 Å². The van der Waals surface area contributed by atoms with Crippen LogP contribution < -0.4 is 0 Å². The first-order valence-corrected chi connectivity index (χ1v) is 8.08. The molecule has 0 spiro atoms. The molecule has 0 radical (unpaired) electrons. The van der Waals surface area contributed by atoms with Crippen molar-refractivity contribution in [2.24, 2.45) is 22.7 Å². The molecule has 1 heterocycles. The van der Waals surface area contributed by atoms with Crippen molar-refractivity contribution in [1.29, 1.82) is 0 Å². The molecular formula is C19H26O2. The maximum absolute atomic E-state index is 10.5. The van der Waals surface area contributed by atoms with Gasteiger partial charge in [0.1, 0.15) is 12.0 Å². The third kappa shape index (κ3) is 2.35. The van der Waals surface area contributed by atoms with E-state index >= 15 is 0 Å². The molecule has 1 aromatic heterocycles. The van der Waals surface area contributed by atoms with Crippen molar-refractivity contribution in [3.63, 3.8) is 0 Å². The van der Waals surface area contributed by atoms with E-state index in [1.807, 2.05) is 6.07 Å². The Hall–Kier alpha value is -1.44. The number of aliphatic hydroxyl groups is 1. The molecule has 0 aromatic carbocycles. The second-order valence-electron chi connectivity index (χ2n) is 7.39. The van der Waals surface area contributed by atoms with Gasteiger partial charge >= 0.3 is 0 Å². The fourth-order valence-corrected chi connectivity index (χ4v) is 4.55. The lowest BCUT2D eigenvalue weighted by atomic mass is 9.49. The van der Waals surface area contributed by atoms with E-state index in [4.69, 9.17) is 4.42 Å². The Balaban J connectivity index is 2.00. The van der Waals surface area contributed by atoms with Gasteiger partial charge < -0.3 is 9.52 Å². The second-order valence-corrected chi connectivity index (χ2v) is 7.39. The molecule has 2 aliphatic rings. The first-order valence-electron chi connectivity index (χ1n) is 8.08. The molecule has 1 fully saturated rings. The van der Waals surface area contributed by atoms with Gasteiger partial charge in [0.25, 0.3) is 0 Å². The number of fused-ring (bicyclic) bond motifs is 1. The Morgan fingerprint density at radius 3 is 2.90 bits per heavy atom. The van der Waals surface area contributed by atoms with Gasteiger partial charge in [0, 0.05) is 0 Å². The molecule has 0 aliphatic heterocycles. The Morgan fingerprint density at radius 1 is 1.38 bits per heavy atom. The molecule has 4 atom stereocenters. The highest BCUT2D eigenvalue weighted by atomic mass is 16.3. The highest BCUT2D eigenvalue weighted by molar-refractivity contribution is 5.58. The predicted octanol–water partition coefficient (Wildman–Crippen LogP) is 5.59. The lowest BCUT2D eigenvalue weighted by Crippen LogP contribution is -2.47. The summed E-state index contributed by atoms with van der Waals surface area (Å²) in [7, 11) is 0. The Kier molecular flexibility index (Phi) is 3.51. The lowest BCUT2D eigenvalue weighted by molar-refractivity contribution is 0.000390. The zero-order valence-electron chi connectivity index (χ0n) is 13.3. The maximum atomic E-state index is 10.5. The van der Waals surface area contributed by atoms with Crippen molar-refractivity contribution in [1.82, 2.24) is 0 Å². The van der Waals surface area contributed by atoms with E-state index in [0.717, 1.165) is 12.0 Å². The van der Waals surface area contributed by atoms with Gasteiger partial charge in [0.2, 0.25) is 0 Å². The quantitative estimate of drug-likeness (QED) is 0.568. The maximum Gasteiger partial charge on any atom is 0.122 e. The Morgan fingerprint density at radius 2 is 2.19 bits per heavy atom. The van der Waals surface area contributed by atoms with E-state index in [9.17, 15) is 5.11 Å². The average molecular weight is 286 g/mol. The van der Waals surface area contributed by atoms with Crippen LogP contribution in [0.3, 0.4) is 0 Å². The summed E-state index contributed by atoms with van der Waals surface area (Å²) in [5, 5.41) is 10.5. The first kappa shape index (κ1) is 14.5. The van der Waals surface area contributed by atoms with Crippen molar-refractivity contribution in [3.8, 4) is 0 Å². The second kappa shape index (κ2) is 5.08. The molecule has 2 nitrogen and oxygen atoms in total. The molecule has 0 saturated heterocycles. The lowest BCUT2D eigenvalue weighted by Gasteiger charge is -2.55. The minimum absolute atomic E-state index is 0.0269. The fourth-order valence-electron chi connectivity index (χ4n) is 4.55. The molecule has 114 valence electrons. The van der Waals surface area contributed by atoms with E-state index in [-0.39, 0.29) is 10.8 Å². The van der Waals surface area contributed by atoms with Crippen LogP contribution in [0.1, 0.15) is 52.0 Å². The summed E-state index contributed by atoms with van der Waals surface area (Å²) in [5.74, 6) is 1.53. The van der Waals surface area contributed by atoms with Gasteiger partial charge in [0.15, 0.2) is 0 Å². The zero-order valence-corrected chi connectivity index (χ0v) is 13.3. The summed E-state index contributed by atoms with van der Waals surface area (Å²) >= 11 is 0. The van der Waals surface area contributed by atoms with E-state index < -0.39 is 0 Å². The normalized spacial score (nSPS) is 40.0. The largest absolute Gasteiger partial charge is 0.508 e. The summed E-state index contributed by atoms with van der Waals surface area (Å²) in [5.41, 5.74) is 1.08. The Labute approximate surface area is 127 Å². The molecule has 1 saturated carbocycles. The summed E-state index contributed by atoms with van der Waals surface area (Å²) in [6, 6.07) is 1.82. The number of furan rings is 1. The van der Waals surface area contributed by atoms with E-state index in [1.54, 1.807) is 12.5 Å². The summed E-state index contributed by atoms with van der Waals surface area (Å²) < 4.78 is 5.10. The van der Waals surface area contributed by atoms with Crippen LogP contribution in [0.25, 0.3) is 5.76 Å². The van der Waals surface area contributed by atoms with Gasteiger partial charge in [-0.3, -0.25) is 0 Å². The highest BCUT2D eigenvalue weighted by Crippen LogP contribution is 2.59. The van der Waals surface area contributed by atoms with Crippen LogP contribution in [0.4, 0.5) is 0 Å². The number of allylic oxidation sites excluding steroid dienone is 3. The third-order valence-corrected chi connectivity index (χ3v) is 6.11. The molecule has 1 N–H and O–H groups in total. The molecule has 1 aromatic rings. The first-order chi connectivity index (χ1) is 9.96. The number of hydrogen-bond acceptors (Lipinski definition) is 2. The molecular weight excluding hydrogens is 260 g/mol. The van der Waals surface area contributed by atoms with Crippen LogP contribution in [0.2, 0.25) is 0 Å². The molecule has 0 bridgehead atoms. The number of aliphatic hydroxyl groups excluding tert-OH is 1. The van der Waals surface area contributed by atoms with Gasteiger partial charge in [-0.05, 0) is 60.5 Å². The predicted molar refractivity (Wildman–Crippen MR) is 85.8 cm³/mol. The van der Waals surface area contributed by atoms with Gasteiger partial charge in [-0.2, -0.15) is 0 Å². The van der Waals surface area contributed by atoms with Gasteiger partial charge in [-0.1, -0.05) is 32.9 Å². The van der Waals surface area contributed by atoms with Crippen molar-refractivity contribution in [2.75, 3.05) is 0 Å². The van der Waals surface area contributed by atoms with E-state index in [2.05, 4.69) is 39.0 Å². The average Bonchev–Trinajstić information content (AvgIpc) is 2.98. The minimum atomic E-state index is 0.0269. The zero-order chi connectivity index (χ0) is 15.1. The van der Waals surface area contributed by atoms with E-state index in [0.29, 0.717) is 17.6 Å². The van der Waals surface area contributed by atoms with Crippen LogP contribution >= 0.6 is 0 Å². The molecule has 21 heavy (non-hydrogen) atoms. The third-order valence-electron chi connectivity index (χ3n) is 6.11. The molecule has 0 amide bonds. The highest BCUT2D eigenvalue weighted by Gasteiger charge is 2.50. The van der Waals surface area contributed by atoms with Gasteiger partial charge in [-0.15, -0.1) is 0 Å². The number of rotatable bonds is 2. The summed E-state index contributed by atoms with van der Waals surface area (Å²) in [6.07, 6.45) is 14.9. The van der Waals surface area contributed by atoms with Crippen molar-refractivity contribution in [2.45, 2.75) is 46.5 Å². The molecule has 2 heteroatoms. The van der Waals surface area contributed by atoms with Crippen LogP contribution in [0.15, 0.2) is 41.2 Å². The standard InChI is InChI=1S/C19H26O2/c1-14-7-10-18(2)9-5-4-6-17(18)19(14,3)12-16(20)15-8-11-21-13-15/h5,8-9,11-14,17,20H,4,6-7,10H2,1-3H3/b16-12+. The van der Waals surface area contributed by atoms with E-state index in [1.165, 1.54) is 19.3 Å². The molecule has 3 rings (SSSR count). The summed E-state index contributed by atoms with van der Waals surface area (Å²) in [6.45, 7) is 7.05. The smallest absolute Gasteiger partial charge is 0.122 e. The van der Waals surface area contributed by atoms with Gasteiger partial charge in [0.05, 0.1) is 11.8 Å². The van der Waals surface area contributed by atoms with Crippen molar-refractivity contribution >= 4 is 5.76 Å². The molecule has 2 aliphatic carbocycles. The summed E-state index contributed by atoms with van der Waals surface area (Å²) in [4.78, 5) is 0. The minimum Gasteiger partial charge on any atom is -0.508 e. The van der Waals surface area contributed by atoms with Crippen LogP contribution in [-0.2, 0) is 0 Å². The monoisotopic (exact) mass is 286 g/mol. The topological polar surface area (TPSA) is 33.4 Å². The Bertz CT molecular complexity index is 554.